The van der Waals surface area contributed by atoms with Crippen LogP contribution in [0.2, 0.25) is 0 Å². The average Bonchev–Trinajstić information content (AvgIpc) is 2.87. The number of carbonyl (C=O) groups excluding carboxylic acids is 1. The van der Waals surface area contributed by atoms with Crippen LogP contribution in [0.5, 0.6) is 23.0 Å². The van der Waals surface area contributed by atoms with E-state index in [0.717, 1.165) is 5.56 Å². The maximum absolute atomic E-state index is 13.1. The summed E-state index contributed by atoms with van der Waals surface area (Å²) in [6.07, 6.45) is 0.883. The molecule has 0 unspecified atom stereocenters. The zero-order valence-corrected chi connectivity index (χ0v) is 21.0. The number of nitrogens with one attached hydrogen (secondary N) is 1. The summed E-state index contributed by atoms with van der Waals surface area (Å²) >= 11 is 0. The predicted octanol–water partition coefficient (Wildman–Crippen LogP) is 3.00. The molecule has 1 aliphatic heterocycles. The molecule has 1 saturated heterocycles. The molecule has 3 rings (SSSR count). The zero-order valence-electron chi connectivity index (χ0n) is 20.2. The first-order valence-corrected chi connectivity index (χ1v) is 12.4. The van der Waals surface area contributed by atoms with Gasteiger partial charge in [-0.1, -0.05) is 6.07 Å². The number of piperidine rings is 1. The van der Waals surface area contributed by atoms with Gasteiger partial charge in [0.25, 0.3) is 0 Å². The number of amides is 1. The van der Waals surface area contributed by atoms with E-state index in [4.69, 9.17) is 18.9 Å². The molecule has 1 N–H and O–H groups in total. The fourth-order valence-electron chi connectivity index (χ4n) is 4.02. The van der Waals surface area contributed by atoms with Crippen LogP contribution in [0.4, 0.5) is 0 Å². The van der Waals surface area contributed by atoms with Crippen molar-refractivity contribution in [3.05, 3.63) is 42.0 Å². The molecule has 186 valence electrons. The number of carbonyl (C=O) groups is 1. The molecule has 1 heterocycles. The summed E-state index contributed by atoms with van der Waals surface area (Å²) in [7, 11) is 2.38. The van der Waals surface area contributed by atoms with E-state index in [-0.39, 0.29) is 35.9 Å². The van der Waals surface area contributed by atoms with Crippen LogP contribution in [-0.4, -0.2) is 60.2 Å². The minimum Gasteiger partial charge on any atom is -0.493 e. The lowest BCUT2D eigenvalue weighted by Gasteiger charge is -2.31. The van der Waals surface area contributed by atoms with E-state index < -0.39 is 10.0 Å². The number of methoxy groups -OCH3 is 4. The first kappa shape index (κ1) is 25.6. The maximum Gasteiger partial charge on any atom is 0.243 e. The molecule has 0 bridgehead atoms. The van der Waals surface area contributed by atoms with Gasteiger partial charge >= 0.3 is 0 Å². The van der Waals surface area contributed by atoms with Crippen LogP contribution in [0.3, 0.4) is 0 Å². The largest absolute Gasteiger partial charge is 0.493 e. The molecule has 10 heteroatoms. The third-order valence-electron chi connectivity index (χ3n) is 6.08. The quantitative estimate of drug-likeness (QED) is 0.574. The number of ether oxygens (including phenoxy) is 4. The predicted molar refractivity (Wildman–Crippen MR) is 127 cm³/mol. The molecule has 34 heavy (non-hydrogen) atoms. The van der Waals surface area contributed by atoms with Crippen LogP contribution in [0.15, 0.2) is 41.3 Å². The van der Waals surface area contributed by atoms with Crippen molar-refractivity contribution in [2.75, 3.05) is 41.5 Å². The van der Waals surface area contributed by atoms with E-state index in [1.165, 1.54) is 30.7 Å². The van der Waals surface area contributed by atoms with Crippen molar-refractivity contribution in [2.45, 2.75) is 30.7 Å². The van der Waals surface area contributed by atoms with E-state index in [0.29, 0.717) is 35.8 Å². The normalized spacial score (nSPS) is 15.9. The summed E-state index contributed by atoms with van der Waals surface area (Å²) in [5.41, 5.74) is 0.888. The fourth-order valence-corrected chi connectivity index (χ4v) is 5.51. The highest BCUT2D eigenvalue weighted by Gasteiger charge is 2.33. The number of sulfonamides is 1. The molecule has 0 aromatic heterocycles. The zero-order chi connectivity index (χ0) is 24.9. The lowest BCUT2D eigenvalue weighted by Crippen LogP contribution is -2.43. The number of hydrogen-bond acceptors (Lipinski definition) is 7. The summed E-state index contributed by atoms with van der Waals surface area (Å²) in [4.78, 5) is 13.0. The Morgan fingerprint density at radius 2 is 1.41 bits per heavy atom. The summed E-state index contributed by atoms with van der Waals surface area (Å²) in [6, 6.07) is 9.81. The first-order chi connectivity index (χ1) is 16.2. The third-order valence-corrected chi connectivity index (χ3v) is 7.98. The Balaban J connectivity index is 1.62. The Morgan fingerprint density at radius 3 is 1.97 bits per heavy atom. The smallest absolute Gasteiger partial charge is 0.243 e. The van der Waals surface area contributed by atoms with Crippen LogP contribution in [-0.2, 0) is 14.8 Å². The molecular formula is C24H32N2O7S. The molecule has 1 atom stereocenters. The van der Waals surface area contributed by atoms with Gasteiger partial charge in [0.1, 0.15) is 0 Å². The second kappa shape index (κ2) is 11.0. The van der Waals surface area contributed by atoms with Gasteiger partial charge in [0, 0.05) is 25.1 Å². The van der Waals surface area contributed by atoms with Gasteiger partial charge in [0.15, 0.2) is 23.0 Å². The van der Waals surface area contributed by atoms with E-state index in [2.05, 4.69) is 5.32 Å². The third kappa shape index (κ3) is 5.39. The molecular weight excluding hydrogens is 460 g/mol. The van der Waals surface area contributed by atoms with Crippen molar-refractivity contribution in [3.63, 3.8) is 0 Å². The van der Waals surface area contributed by atoms with Crippen LogP contribution >= 0.6 is 0 Å². The highest BCUT2D eigenvalue weighted by atomic mass is 32.2. The van der Waals surface area contributed by atoms with Crippen LogP contribution in [0.25, 0.3) is 0 Å². The lowest BCUT2D eigenvalue weighted by atomic mass is 9.96. The van der Waals surface area contributed by atoms with Gasteiger partial charge in [-0.15, -0.1) is 0 Å². The molecule has 9 nitrogen and oxygen atoms in total. The minimum atomic E-state index is -3.71. The van der Waals surface area contributed by atoms with Crippen molar-refractivity contribution in [1.29, 1.82) is 0 Å². The van der Waals surface area contributed by atoms with E-state index >= 15 is 0 Å². The Hall–Kier alpha value is -2.98. The molecule has 2 aromatic rings. The number of benzene rings is 2. The van der Waals surface area contributed by atoms with Crippen LogP contribution in [0, 0.1) is 5.92 Å². The summed E-state index contributed by atoms with van der Waals surface area (Å²) in [5.74, 6) is 1.66. The monoisotopic (exact) mass is 492 g/mol. The summed E-state index contributed by atoms with van der Waals surface area (Å²) in [6.45, 7) is 2.43. The van der Waals surface area contributed by atoms with Crippen molar-refractivity contribution in [1.82, 2.24) is 9.62 Å². The second-order valence-electron chi connectivity index (χ2n) is 8.04. The van der Waals surface area contributed by atoms with Gasteiger partial charge < -0.3 is 24.3 Å². The van der Waals surface area contributed by atoms with Gasteiger partial charge in [0.05, 0.1) is 39.4 Å². The molecule has 1 aliphatic rings. The van der Waals surface area contributed by atoms with Gasteiger partial charge in [-0.2, -0.15) is 4.31 Å². The van der Waals surface area contributed by atoms with Crippen molar-refractivity contribution >= 4 is 15.9 Å². The summed E-state index contributed by atoms with van der Waals surface area (Å²) < 4.78 is 48.7. The number of nitrogens with zero attached hydrogens (tertiary/aromatic N) is 1. The Labute approximate surface area is 201 Å². The number of rotatable bonds is 9. The van der Waals surface area contributed by atoms with E-state index in [9.17, 15) is 13.2 Å². The molecule has 0 spiro atoms. The molecule has 1 amide bonds. The molecule has 2 aromatic carbocycles. The van der Waals surface area contributed by atoms with Gasteiger partial charge in [-0.3, -0.25) is 4.79 Å². The highest BCUT2D eigenvalue weighted by molar-refractivity contribution is 7.89. The van der Waals surface area contributed by atoms with Crippen molar-refractivity contribution in [3.8, 4) is 23.0 Å². The first-order valence-electron chi connectivity index (χ1n) is 11.0. The van der Waals surface area contributed by atoms with Gasteiger partial charge in [-0.25, -0.2) is 8.42 Å². The Bertz CT molecular complexity index is 1110. The van der Waals surface area contributed by atoms with Gasteiger partial charge in [0.2, 0.25) is 15.9 Å². The SMILES string of the molecule is COc1ccc([C@H](C)NC(=O)C2CCN(S(=O)(=O)c3ccc(OC)c(OC)c3)CC2)cc1OC. The fraction of sp³-hybridized carbons (Fsp3) is 0.458. The lowest BCUT2D eigenvalue weighted by molar-refractivity contribution is -0.126. The van der Waals surface area contributed by atoms with E-state index in [1.54, 1.807) is 26.4 Å². The van der Waals surface area contributed by atoms with Crippen molar-refractivity contribution in [2.24, 2.45) is 5.92 Å². The topological polar surface area (TPSA) is 103 Å². The van der Waals surface area contributed by atoms with Crippen LogP contribution in [0.1, 0.15) is 31.4 Å². The standard InChI is InChI=1S/C24H32N2O7S/c1-16(18-6-8-20(30-2)22(14-18)32-4)25-24(27)17-10-12-26(13-11-17)34(28,29)19-7-9-21(31-3)23(15-19)33-5/h6-9,14-17H,10-13H2,1-5H3,(H,25,27)/t16-/m0/s1. The molecule has 0 saturated carbocycles. The van der Waals surface area contributed by atoms with Crippen molar-refractivity contribution < 1.29 is 32.2 Å². The maximum atomic E-state index is 13.1. The molecule has 1 fully saturated rings. The van der Waals surface area contributed by atoms with E-state index in [1.807, 2.05) is 19.1 Å². The Morgan fingerprint density at radius 1 is 0.882 bits per heavy atom. The highest BCUT2D eigenvalue weighted by Crippen LogP contribution is 2.33. The molecule has 0 aliphatic carbocycles. The van der Waals surface area contributed by atoms with Crippen LogP contribution < -0.4 is 24.3 Å². The number of hydrogen-bond donors (Lipinski definition) is 1. The molecule has 0 radical (unpaired) electrons. The summed E-state index contributed by atoms with van der Waals surface area (Å²) in [5, 5.41) is 3.03. The Kier molecular flexibility index (Phi) is 8.27. The minimum absolute atomic E-state index is 0.0922. The second-order valence-corrected chi connectivity index (χ2v) is 9.98. The van der Waals surface area contributed by atoms with Gasteiger partial charge in [-0.05, 0) is 49.6 Å². The average molecular weight is 493 g/mol.